The van der Waals surface area contributed by atoms with Crippen LogP contribution in [0.25, 0.3) is 0 Å². The number of aliphatic carboxylic acids is 1. The fraction of sp³-hybridized carbons (Fsp3) is 0.429. The predicted molar refractivity (Wildman–Crippen MR) is 137 cm³/mol. The van der Waals surface area contributed by atoms with Crippen molar-refractivity contribution in [3.63, 3.8) is 0 Å². The number of carboxylic acid groups (broad SMARTS) is 1. The van der Waals surface area contributed by atoms with Gasteiger partial charge in [0.1, 0.15) is 0 Å². The maximum atomic E-state index is 13.5. The number of Topliss-reactive ketones (excluding diaryl/α,β-unsaturated/α-hetero) is 1. The van der Waals surface area contributed by atoms with E-state index in [0.29, 0.717) is 30.6 Å². The number of sulfone groups is 1. The van der Waals surface area contributed by atoms with E-state index in [2.05, 4.69) is 13.8 Å². The van der Waals surface area contributed by atoms with Crippen LogP contribution >= 0.6 is 11.3 Å². The molecule has 35 heavy (non-hydrogen) atoms. The lowest BCUT2D eigenvalue weighted by Crippen LogP contribution is -2.28. The van der Waals surface area contributed by atoms with Crippen molar-refractivity contribution in [3.8, 4) is 0 Å². The Kier molecular flexibility index (Phi) is 7.21. The second-order valence-corrected chi connectivity index (χ2v) is 13.5. The number of carboxylic acids is 1. The lowest BCUT2D eigenvalue weighted by molar-refractivity contribution is -0.138. The Morgan fingerprint density at radius 1 is 1.14 bits per heavy atom. The molecule has 186 valence electrons. The fourth-order valence-corrected chi connectivity index (χ4v) is 8.27. The minimum absolute atomic E-state index is 0.00690. The number of benzene rings is 1. The summed E-state index contributed by atoms with van der Waals surface area (Å²) in [7, 11) is -3.69. The van der Waals surface area contributed by atoms with Crippen LogP contribution in [0.3, 0.4) is 0 Å². The van der Waals surface area contributed by atoms with Gasteiger partial charge < -0.3 is 5.11 Å². The number of hydrogen-bond donors (Lipinski definition) is 1. The van der Waals surface area contributed by atoms with Crippen LogP contribution in [-0.4, -0.2) is 25.3 Å². The molecule has 0 bridgehead atoms. The number of hydrogen-bond acceptors (Lipinski definition) is 5. The molecule has 1 aromatic heterocycles. The van der Waals surface area contributed by atoms with Crippen LogP contribution in [0.2, 0.25) is 0 Å². The Hall–Kier alpha value is -2.51. The molecule has 1 heterocycles. The van der Waals surface area contributed by atoms with Gasteiger partial charge >= 0.3 is 5.97 Å². The molecule has 0 aliphatic heterocycles. The summed E-state index contributed by atoms with van der Waals surface area (Å²) in [6, 6.07) is 10.1. The quantitative estimate of drug-likeness (QED) is 0.484. The molecule has 2 aliphatic rings. The first-order valence-electron chi connectivity index (χ1n) is 12.0. The standard InChI is InChI=1S/C28H32O5S2/c1-18-13-19(14-26(30)31)9-10-20-16-28(2,3)17-23(29)27(20)22(18)15-24-25(11-12-34-24)35(32,33)21-7-5-4-6-8-21/h4-8,11-12,19H,9-10,13-17H2,1-3H3,(H,30,31). The maximum absolute atomic E-state index is 13.5. The SMILES string of the molecule is CC1=C(Cc2sccc2S(=O)(=O)c2ccccc2)C2=C(CCC(CC(=O)O)C1)CC(C)(C)CC2=O. The molecule has 0 saturated carbocycles. The van der Waals surface area contributed by atoms with E-state index in [1.165, 1.54) is 11.3 Å². The van der Waals surface area contributed by atoms with Crippen molar-refractivity contribution in [2.75, 3.05) is 0 Å². The molecule has 0 radical (unpaired) electrons. The lowest BCUT2D eigenvalue weighted by Gasteiger charge is -2.36. The van der Waals surface area contributed by atoms with E-state index in [9.17, 15) is 23.1 Å². The summed E-state index contributed by atoms with van der Waals surface area (Å²) in [6.45, 7) is 6.18. The Morgan fingerprint density at radius 3 is 2.54 bits per heavy atom. The first kappa shape index (κ1) is 25.6. The molecule has 0 saturated heterocycles. The number of carbonyl (C=O) groups excluding carboxylic acids is 1. The molecular weight excluding hydrogens is 480 g/mol. The largest absolute Gasteiger partial charge is 0.481 e. The highest BCUT2D eigenvalue weighted by atomic mass is 32.2. The molecule has 0 amide bonds. The average Bonchev–Trinajstić information content (AvgIpc) is 3.24. The molecule has 1 atom stereocenters. The van der Waals surface area contributed by atoms with Crippen molar-refractivity contribution in [2.24, 2.45) is 11.3 Å². The number of ketones is 1. The zero-order chi connectivity index (χ0) is 25.4. The molecule has 7 heteroatoms. The van der Waals surface area contributed by atoms with Crippen LogP contribution in [-0.2, 0) is 25.8 Å². The zero-order valence-corrected chi connectivity index (χ0v) is 22.1. The summed E-state index contributed by atoms with van der Waals surface area (Å²) in [5.74, 6) is -0.701. The lowest BCUT2D eigenvalue weighted by atomic mass is 9.68. The molecule has 1 N–H and O–H groups in total. The van der Waals surface area contributed by atoms with Gasteiger partial charge in [0, 0.05) is 29.7 Å². The van der Waals surface area contributed by atoms with Gasteiger partial charge in [0.2, 0.25) is 9.84 Å². The van der Waals surface area contributed by atoms with Gasteiger partial charge in [0.15, 0.2) is 5.78 Å². The summed E-state index contributed by atoms with van der Waals surface area (Å²) in [4.78, 5) is 26.2. The van der Waals surface area contributed by atoms with Crippen molar-refractivity contribution >= 4 is 32.9 Å². The molecular formula is C28H32O5S2. The van der Waals surface area contributed by atoms with Crippen LogP contribution in [0.15, 0.2) is 73.9 Å². The summed E-state index contributed by atoms with van der Waals surface area (Å²) >= 11 is 1.39. The van der Waals surface area contributed by atoms with Crippen molar-refractivity contribution in [1.29, 1.82) is 0 Å². The third kappa shape index (κ3) is 5.51. The zero-order valence-electron chi connectivity index (χ0n) is 20.5. The topological polar surface area (TPSA) is 88.5 Å². The highest BCUT2D eigenvalue weighted by Crippen LogP contribution is 2.45. The van der Waals surface area contributed by atoms with Gasteiger partial charge in [0.05, 0.1) is 9.79 Å². The van der Waals surface area contributed by atoms with E-state index in [1.54, 1.807) is 41.8 Å². The molecule has 1 aromatic carbocycles. The van der Waals surface area contributed by atoms with Crippen LogP contribution in [0, 0.1) is 11.3 Å². The van der Waals surface area contributed by atoms with E-state index in [-0.39, 0.29) is 33.3 Å². The van der Waals surface area contributed by atoms with Gasteiger partial charge in [-0.2, -0.15) is 0 Å². The molecule has 0 fully saturated rings. The third-order valence-corrected chi connectivity index (χ3v) is 9.98. The molecule has 4 rings (SSSR count). The van der Waals surface area contributed by atoms with Gasteiger partial charge in [-0.15, -0.1) is 11.3 Å². The Balaban J connectivity index is 1.80. The van der Waals surface area contributed by atoms with Gasteiger partial charge in [-0.25, -0.2) is 8.42 Å². The van der Waals surface area contributed by atoms with E-state index >= 15 is 0 Å². The van der Waals surface area contributed by atoms with Gasteiger partial charge in [-0.1, -0.05) is 43.2 Å². The fourth-order valence-electron chi connectivity index (χ4n) is 5.54. The van der Waals surface area contributed by atoms with Gasteiger partial charge in [-0.05, 0) is 73.1 Å². The molecule has 0 spiro atoms. The average molecular weight is 513 g/mol. The predicted octanol–water partition coefficient (Wildman–Crippen LogP) is 6.40. The molecule has 1 unspecified atom stereocenters. The van der Waals surface area contributed by atoms with Crippen LogP contribution in [0.4, 0.5) is 0 Å². The monoisotopic (exact) mass is 512 g/mol. The minimum atomic E-state index is -3.69. The number of rotatable bonds is 6. The second-order valence-electron chi connectivity index (χ2n) is 10.6. The van der Waals surface area contributed by atoms with E-state index in [0.717, 1.165) is 35.1 Å². The normalized spacial score (nSPS) is 20.9. The Labute approximate surface area is 211 Å². The number of carbonyl (C=O) groups is 2. The van der Waals surface area contributed by atoms with Gasteiger partial charge in [-0.3, -0.25) is 9.59 Å². The summed E-state index contributed by atoms with van der Waals surface area (Å²) in [5.41, 5.74) is 3.61. The highest BCUT2D eigenvalue weighted by molar-refractivity contribution is 7.91. The second kappa shape index (κ2) is 9.86. The summed E-state index contributed by atoms with van der Waals surface area (Å²) < 4.78 is 26.8. The maximum Gasteiger partial charge on any atom is 0.303 e. The van der Waals surface area contributed by atoms with Crippen molar-refractivity contribution < 1.29 is 23.1 Å². The summed E-state index contributed by atoms with van der Waals surface area (Å²) in [5, 5.41) is 11.2. The Bertz CT molecular complexity index is 1310. The van der Waals surface area contributed by atoms with Crippen molar-refractivity contribution in [3.05, 3.63) is 68.9 Å². The molecule has 5 nitrogen and oxygen atoms in total. The van der Waals surface area contributed by atoms with E-state index < -0.39 is 15.8 Å². The van der Waals surface area contributed by atoms with Crippen LogP contribution < -0.4 is 0 Å². The first-order chi connectivity index (χ1) is 16.5. The highest BCUT2D eigenvalue weighted by Gasteiger charge is 2.36. The van der Waals surface area contributed by atoms with Crippen LogP contribution in [0.5, 0.6) is 0 Å². The third-order valence-electron chi connectivity index (χ3n) is 7.08. The summed E-state index contributed by atoms with van der Waals surface area (Å²) in [6.07, 6.45) is 3.75. The number of allylic oxidation sites excluding steroid dienone is 4. The smallest absolute Gasteiger partial charge is 0.303 e. The van der Waals surface area contributed by atoms with Crippen molar-refractivity contribution in [1.82, 2.24) is 0 Å². The van der Waals surface area contributed by atoms with E-state index in [4.69, 9.17) is 0 Å². The minimum Gasteiger partial charge on any atom is -0.481 e. The first-order valence-corrected chi connectivity index (χ1v) is 14.4. The van der Waals surface area contributed by atoms with Crippen LogP contribution in [0.1, 0.15) is 64.2 Å². The molecule has 2 aliphatic carbocycles. The van der Waals surface area contributed by atoms with E-state index in [1.807, 2.05) is 6.92 Å². The van der Waals surface area contributed by atoms with Gasteiger partial charge in [0.25, 0.3) is 0 Å². The Morgan fingerprint density at radius 2 is 1.86 bits per heavy atom. The van der Waals surface area contributed by atoms with Crippen molar-refractivity contribution in [2.45, 2.75) is 75.5 Å². The number of thiophene rings is 1. The molecule has 2 aromatic rings.